The number of hydrogen-bond acceptors (Lipinski definition) is 5. The Kier molecular flexibility index (Phi) is 8.68. The number of carbonyl (C=O) groups is 2. The van der Waals surface area contributed by atoms with Crippen molar-refractivity contribution in [3.63, 3.8) is 0 Å². The van der Waals surface area contributed by atoms with E-state index in [0.717, 1.165) is 18.4 Å². The summed E-state index contributed by atoms with van der Waals surface area (Å²) in [6.07, 6.45) is 2.42. The number of nitrogens with one attached hydrogen (secondary N) is 1. The average Bonchev–Trinajstić information content (AvgIpc) is 2.62. The molecule has 6 nitrogen and oxygen atoms in total. The molecule has 1 rings (SSSR count). The van der Waals surface area contributed by atoms with Gasteiger partial charge in [0.05, 0.1) is 14.2 Å². The zero-order valence-electron chi connectivity index (χ0n) is 14.9. The molecule has 1 amide bonds. The molecular weight excluding hydrogens is 310 g/mol. The fourth-order valence-electron chi connectivity index (χ4n) is 2.26. The van der Waals surface area contributed by atoms with Gasteiger partial charge < -0.3 is 19.5 Å². The largest absolute Gasteiger partial charge is 0.493 e. The van der Waals surface area contributed by atoms with Gasteiger partial charge in [0.25, 0.3) is 5.91 Å². The fourth-order valence-corrected chi connectivity index (χ4v) is 2.26. The van der Waals surface area contributed by atoms with E-state index in [2.05, 4.69) is 5.32 Å². The Morgan fingerprint density at radius 2 is 1.75 bits per heavy atom. The molecule has 24 heavy (non-hydrogen) atoms. The van der Waals surface area contributed by atoms with Gasteiger partial charge in [0.15, 0.2) is 18.1 Å². The van der Waals surface area contributed by atoms with Crippen LogP contribution in [0.3, 0.4) is 0 Å². The summed E-state index contributed by atoms with van der Waals surface area (Å²) in [5.41, 5.74) is 0.936. The molecule has 6 heteroatoms. The minimum Gasteiger partial charge on any atom is -0.493 e. The van der Waals surface area contributed by atoms with Crippen molar-refractivity contribution >= 4 is 11.9 Å². The van der Waals surface area contributed by atoms with Gasteiger partial charge in [-0.1, -0.05) is 19.9 Å². The highest BCUT2D eigenvalue weighted by molar-refractivity contribution is 5.80. The fraction of sp³-hybridized carbons (Fsp3) is 0.556. The summed E-state index contributed by atoms with van der Waals surface area (Å²) in [4.78, 5) is 23.5. The van der Waals surface area contributed by atoms with Gasteiger partial charge in [-0.25, -0.2) is 0 Å². The van der Waals surface area contributed by atoms with Gasteiger partial charge in [-0.2, -0.15) is 0 Å². The molecule has 0 bridgehead atoms. The Morgan fingerprint density at radius 1 is 1.08 bits per heavy atom. The van der Waals surface area contributed by atoms with Gasteiger partial charge in [0, 0.05) is 12.5 Å². The number of rotatable bonds is 10. The molecule has 1 N–H and O–H groups in total. The molecule has 0 unspecified atom stereocenters. The molecule has 0 spiro atoms. The average molecular weight is 337 g/mol. The lowest BCUT2D eigenvalue weighted by molar-refractivity contribution is -0.148. The van der Waals surface area contributed by atoms with Gasteiger partial charge in [-0.05, 0) is 37.0 Å². The van der Waals surface area contributed by atoms with E-state index in [9.17, 15) is 9.59 Å². The number of benzene rings is 1. The Labute approximate surface area is 143 Å². The summed E-state index contributed by atoms with van der Waals surface area (Å²) in [5.74, 6) is 0.600. The number of hydrogen-bond donors (Lipinski definition) is 1. The molecular formula is C18H27NO5. The Hall–Kier alpha value is -2.24. The van der Waals surface area contributed by atoms with Crippen molar-refractivity contribution in [2.24, 2.45) is 0 Å². The van der Waals surface area contributed by atoms with Crippen LogP contribution in [0.15, 0.2) is 18.2 Å². The highest BCUT2D eigenvalue weighted by atomic mass is 16.5. The molecule has 0 aliphatic heterocycles. The van der Waals surface area contributed by atoms with E-state index < -0.39 is 5.97 Å². The summed E-state index contributed by atoms with van der Waals surface area (Å²) in [6, 6.07) is 5.62. The van der Waals surface area contributed by atoms with Crippen LogP contribution >= 0.6 is 0 Å². The molecule has 0 saturated carbocycles. The third-order valence-corrected chi connectivity index (χ3v) is 3.78. The van der Waals surface area contributed by atoms with E-state index in [1.165, 1.54) is 0 Å². The number of carbonyl (C=O) groups excluding carboxylic acids is 2. The van der Waals surface area contributed by atoms with E-state index in [0.29, 0.717) is 17.9 Å². The number of methoxy groups -OCH3 is 2. The normalized spacial score (nSPS) is 10.4. The number of aryl methyl sites for hydroxylation is 1. The smallest absolute Gasteiger partial charge is 0.306 e. The lowest BCUT2D eigenvalue weighted by atomic mass is 10.1. The summed E-state index contributed by atoms with van der Waals surface area (Å²) in [7, 11) is 3.13. The van der Waals surface area contributed by atoms with Crippen LogP contribution in [0.5, 0.6) is 11.5 Å². The van der Waals surface area contributed by atoms with Crippen molar-refractivity contribution in [1.29, 1.82) is 0 Å². The molecule has 0 aliphatic carbocycles. The minimum absolute atomic E-state index is 0.128. The first kappa shape index (κ1) is 19.8. The SMILES string of the molecule is CCC(CC)NC(=O)COC(=O)CCc1ccc(OC)c(OC)c1. The monoisotopic (exact) mass is 337 g/mol. The second-order valence-electron chi connectivity index (χ2n) is 5.43. The zero-order chi connectivity index (χ0) is 17.9. The Bertz CT molecular complexity index is 540. The third-order valence-electron chi connectivity index (χ3n) is 3.78. The Balaban J connectivity index is 2.40. The van der Waals surface area contributed by atoms with Gasteiger partial charge in [-0.3, -0.25) is 9.59 Å². The van der Waals surface area contributed by atoms with Gasteiger partial charge >= 0.3 is 5.97 Å². The van der Waals surface area contributed by atoms with Crippen molar-refractivity contribution in [3.8, 4) is 11.5 Å². The van der Waals surface area contributed by atoms with Crippen molar-refractivity contribution in [3.05, 3.63) is 23.8 Å². The maximum absolute atomic E-state index is 11.8. The molecule has 1 aromatic rings. The van der Waals surface area contributed by atoms with Gasteiger partial charge in [0.2, 0.25) is 0 Å². The van der Waals surface area contributed by atoms with Gasteiger partial charge in [0.1, 0.15) is 0 Å². The summed E-state index contributed by atoms with van der Waals surface area (Å²) < 4.78 is 15.4. The number of ether oxygens (including phenoxy) is 3. The van der Waals surface area contributed by atoms with Crippen LogP contribution in [0.2, 0.25) is 0 Å². The summed E-state index contributed by atoms with van der Waals surface area (Å²) in [6.45, 7) is 3.77. The lowest BCUT2D eigenvalue weighted by Crippen LogP contribution is -2.36. The maximum atomic E-state index is 11.8. The number of amides is 1. The first-order chi connectivity index (χ1) is 11.5. The van der Waals surface area contributed by atoms with Crippen LogP contribution < -0.4 is 14.8 Å². The molecule has 0 fully saturated rings. The van der Waals surface area contributed by atoms with Crippen LogP contribution in [0.1, 0.15) is 38.7 Å². The predicted molar refractivity (Wildman–Crippen MR) is 91.3 cm³/mol. The van der Waals surface area contributed by atoms with E-state index >= 15 is 0 Å². The molecule has 0 saturated heterocycles. The van der Waals surface area contributed by atoms with Crippen LogP contribution in [-0.4, -0.2) is 38.7 Å². The van der Waals surface area contributed by atoms with E-state index in [1.807, 2.05) is 26.0 Å². The standard InChI is InChI=1S/C18H27NO5/c1-5-14(6-2)19-17(20)12-24-18(21)10-8-13-7-9-15(22-3)16(11-13)23-4/h7,9,11,14H,5-6,8,10,12H2,1-4H3,(H,19,20). The molecule has 0 radical (unpaired) electrons. The first-order valence-electron chi connectivity index (χ1n) is 8.19. The summed E-state index contributed by atoms with van der Waals surface area (Å²) in [5, 5.41) is 2.83. The van der Waals surface area contributed by atoms with Gasteiger partial charge in [-0.15, -0.1) is 0 Å². The molecule has 1 aromatic carbocycles. The third kappa shape index (κ3) is 6.48. The van der Waals surface area contributed by atoms with E-state index in [1.54, 1.807) is 20.3 Å². The minimum atomic E-state index is -0.399. The van der Waals surface area contributed by atoms with Crippen LogP contribution in [-0.2, 0) is 20.7 Å². The second-order valence-corrected chi connectivity index (χ2v) is 5.43. The molecule has 0 heterocycles. The second kappa shape index (κ2) is 10.5. The van der Waals surface area contributed by atoms with Crippen LogP contribution in [0, 0.1) is 0 Å². The molecule has 0 atom stereocenters. The zero-order valence-corrected chi connectivity index (χ0v) is 14.9. The van der Waals surface area contributed by atoms with Crippen molar-refractivity contribution < 1.29 is 23.8 Å². The quantitative estimate of drug-likeness (QED) is 0.664. The lowest BCUT2D eigenvalue weighted by Gasteiger charge is -2.14. The highest BCUT2D eigenvalue weighted by Gasteiger charge is 2.12. The predicted octanol–water partition coefficient (Wildman–Crippen LogP) is 2.48. The Morgan fingerprint density at radius 3 is 2.33 bits per heavy atom. The molecule has 0 aliphatic rings. The van der Waals surface area contributed by atoms with Crippen LogP contribution in [0.4, 0.5) is 0 Å². The van der Waals surface area contributed by atoms with E-state index in [4.69, 9.17) is 14.2 Å². The maximum Gasteiger partial charge on any atom is 0.306 e. The highest BCUT2D eigenvalue weighted by Crippen LogP contribution is 2.27. The topological polar surface area (TPSA) is 73.9 Å². The van der Waals surface area contributed by atoms with Crippen molar-refractivity contribution in [2.45, 2.75) is 45.6 Å². The van der Waals surface area contributed by atoms with Crippen LogP contribution in [0.25, 0.3) is 0 Å². The van der Waals surface area contributed by atoms with E-state index in [-0.39, 0.29) is 25.0 Å². The van der Waals surface area contributed by atoms with Crippen molar-refractivity contribution in [1.82, 2.24) is 5.32 Å². The number of esters is 1. The molecule has 134 valence electrons. The molecule has 0 aromatic heterocycles. The summed E-state index contributed by atoms with van der Waals surface area (Å²) >= 11 is 0. The first-order valence-corrected chi connectivity index (χ1v) is 8.19. The van der Waals surface area contributed by atoms with Crippen molar-refractivity contribution in [2.75, 3.05) is 20.8 Å².